The lowest BCUT2D eigenvalue weighted by atomic mass is 9.95. The van der Waals surface area contributed by atoms with Crippen LogP contribution in [0.2, 0.25) is 0 Å². The highest BCUT2D eigenvalue weighted by atomic mass is 32.2. The highest BCUT2D eigenvalue weighted by molar-refractivity contribution is 7.99. The Morgan fingerprint density at radius 2 is 2.00 bits per heavy atom. The molecule has 1 fully saturated rings. The first-order valence-electron chi connectivity index (χ1n) is 7.13. The van der Waals surface area contributed by atoms with Crippen LogP contribution in [0.4, 0.5) is 5.82 Å². The second kappa shape index (κ2) is 5.52. The van der Waals surface area contributed by atoms with Crippen LogP contribution in [-0.4, -0.2) is 22.5 Å². The molecule has 0 aliphatic heterocycles. The standard InChI is InChI=1S/C15H22N2S/c1-18-13-8-6-12(7-9-13)16-15-10-5-11-3-2-4-14(11)17-15/h5,10,12-13H,2-4,6-9H2,1H3,(H,16,17). The Labute approximate surface area is 114 Å². The van der Waals surface area contributed by atoms with Crippen LogP contribution in [0.5, 0.6) is 0 Å². The predicted molar refractivity (Wildman–Crippen MR) is 79.4 cm³/mol. The van der Waals surface area contributed by atoms with E-state index in [4.69, 9.17) is 4.98 Å². The van der Waals surface area contributed by atoms with Crippen molar-refractivity contribution in [3.8, 4) is 0 Å². The second-order valence-electron chi connectivity index (χ2n) is 5.51. The van der Waals surface area contributed by atoms with E-state index in [9.17, 15) is 0 Å². The Morgan fingerprint density at radius 3 is 2.78 bits per heavy atom. The van der Waals surface area contributed by atoms with E-state index in [1.54, 1.807) is 0 Å². The number of hydrogen-bond donors (Lipinski definition) is 1. The molecule has 1 saturated carbocycles. The average molecular weight is 262 g/mol. The molecule has 3 rings (SSSR count). The summed E-state index contributed by atoms with van der Waals surface area (Å²) in [6, 6.07) is 5.08. The summed E-state index contributed by atoms with van der Waals surface area (Å²) < 4.78 is 0. The average Bonchev–Trinajstić information content (AvgIpc) is 2.87. The minimum absolute atomic E-state index is 0.639. The largest absolute Gasteiger partial charge is 0.367 e. The highest BCUT2D eigenvalue weighted by Gasteiger charge is 2.21. The topological polar surface area (TPSA) is 24.9 Å². The van der Waals surface area contributed by atoms with Gasteiger partial charge in [0.25, 0.3) is 0 Å². The molecule has 0 aromatic carbocycles. The van der Waals surface area contributed by atoms with Crippen LogP contribution in [0.3, 0.4) is 0 Å². The SMILES string of the molecule is CSC1CCC(Nc2ccc3c(n2)CCC3)CC1. The monoisotopic (exact) mass is 262 g/mol. The van der Waals surface area contributed by atoms with E-state index in [-0.39, 0.29) is 0 Å². The molecule has 2 aliphatic carbocycles. The fraction of sp³-hybridized carbons (Fsp3) is 0.667. The predicted octanol–water partition coefficient (Wildman–Crippen LogP) is 3.66. The molecule has 0 radical (unpaired) electrons. The van der Waals surface area contributed by atoms with Crippen molar-refractivity contribution in [2.45, 2.75) is 56.2 Å². The molecule has 18 heavy (non-hydrogen) atoms. The summed E-state index contributed by atoms with van der Waals surface area (Å²) in [4.78, 5) is 4.77. The third-order valence-corrected chi connectivity index (χ3v) is 5.43. The minimum Gasteiger partial charge on any atom is -0.367 e. The molecule has 0 spiro atoms. The number of thioether (sulfide) groups is 1. The molecule has 0 atom stereocenters. The van der Waals surface area contributed by atoms with Crippen LogP contribution in [0.1, 0.15) is 43.4 Å². The molecule has 0 bridgehead atoms. The molecule has 0 saturated heterocycles. The number of nitrogens with zero attached hydrogens (tertiary/aromatic N) is 1. The third-order valence-electron chi connectivity index (χ3n) is 4.29. The van der Waals surface area contributed by atoms with Gasteiger partial charge in [-0.1, -0.05) is 6.07 Å². The smallest absolute Gasteiger partial charge is 0.126 e. The lowest BCUT2D eigenvalue weighted by molar-refractivity contribution is 0.472. The first-order chi connectivity index (χ1) is 8.85. The first-order valence-corrected chi connectivity index (χ1v) is 8.42. The summed E-state index contributed by atoms with van der Waals surface area (Å²) in [7, 11) is 0. The zero-order valence-corrected chi connectivity index (χ0v) is 11.9. The van der Waals surface area contributed by atoms with Crippen LogP contribution in [0, 0.1) is 0 Å². The van der Waals surface area contributed by atoms with E-state index >= 15 is 0 Å². The van der Waals surface area contributed by atoms with Crippen LogP contribution in [0.25, 0.3) is 0 Å². The maximum Gasteiger partial charge on any atom is 0.126 e. The molecule has 2 aliphatic rings. The van der Waals surface area contributed by atoms with Crippen molar-refractivity contribution in [3.05, 3.63) is 23.4 Å². The van der Waals surface area contributed by atoms with E-state index in [1.807, 2.05) is 11.8 Å². The summed E-state index contributed by atoms with van der Waals surface area (Å²) in [5, 5.41) is 4.52. The zero-order valence-electron chi connectivity index (χ0n) is 11.1. The Bertz CT molecular complexity index is 411. The number of hydrogen-bond acceptors (Lipinski definition) is 3. The normalized spacial score (nSPS) is 26.9. The number of aromatic nitrogens is 1. The van der Waals surface area contributed by atoms with Crippen LogP contribution in [-0.2, 0) is 12.8 Å². The quantitative estimate of drug-likeness (QED) is 0.900. The molecule has 0 amide bonds. The maximum absolute atomic E-state index is 4.77. The number of fused-ring (bicyclic) bond motifs is 1. The summed E-state index contributed by atoms with van der Waals surface area (Å²) in [6.45, 7) is 0. The van der Waals surface area contributed by atoms with Crippen LogP contribution >= 0.6 is 11.8 Å². The number of pyridine rings is 1. The summed E-state index contributed by atoms with van der Waals surface area (Å²) in [6.07, 6.45) is 11.2. The van der Waals surface area contributed by atoms with E-state index < -0.39 is 0 Å². The molecule has 0 unspecified atom stereocenters. The first kappa shape index (κ1) is 12.3. The number of anilines is 1. The van der Waals surface area contributed by atoms with Gasteiger partial charge in [0.2, 0.25) is 0 Å². The number of aryl methyl sites for hydroxylation is 2. The molecule has 1 N–H and O–H groups in total. The van der Waals surface area contributed by atoms with Crippen molar-refractivity contribution < 1.29 is 0 Å². The van der Waals surface area contributed by atoms with Gasteiger partial charge in [-0.2, -0.15) is 11.8 Å². The zero-order chi connectivity index (χ0) is 12.4. The summed E-state index contributed by atoms with van der Waals surface area (Å²) in [5.74, 6) is 1.10. The van der Waals surface area contributed by atoms with Crippen LogP contribution < -0.4 is 5.32 Å². The Balaban J connectivity index is 1.60. The van der Waals surface area contributed by atoms with Gasteiger partial charge in [-0.15, -0.1) is 0 Å². The van der Waals surface area contributed by atoms with Crippen molar-refractivity contribution in [3.63, 3.8) is 0 Å². The van der Waals surface area contributed by atoms with Gasteiger partial charge in [0, 0.05) is 17.0 Å². The second-order valence-corrected chi connectivity index (χ2v) is 6.65. The Morgan fingerprint density at radius 1 is 1.17 bits per heavy atom. The summed E-state index contributed by atoms with van der Waals surface area (Å²) >= 11 is 2.03. The summed E-state index contributed by atoms with van der Waals surface area (Å²) in [5.41, 5.74) is 2.80. The molecular formula is C15H22N2S. The maximum atomic E-state index is 4.77. The van der Waals surface area contributed by atoms with Crippen molar-refractivity contribution in [2.75, 3.05) is 11.6 Å². The van der Waals surface area contributed by atoms with Crippen molar-refractivity contribution in [2.24, 2.45) is 0 Å². The fourth-order valence-corrected chi connectivity index (χ4v) is 3.90. The van der Waals surface area contributed by atoms with Gasteiger partial charge in [0.1, 0.15) is 5.82 Å². The molecule has 1 aromatic rings. The van der Waals surface area contributed by atoms with Crippen molar-refractivity contribution >= 4 is 17.6 Å². The molecule has 2 nitrogen and oxygen atoms in total. The van der Waals surface area contributed by atoms with Crippen molar-refractivity contribution in [1.29, 1.82) is 0 Å². The lowest BCUT2D eigenvalue weighted by Gasteiger charge is -2.28. The highest BCUT2D eigenvalue weighted by Crippen LogP contribution is 2.29. The lowest BCUT2D eigenvalue weighted by Crippen LogP contribution is -2.27. The molecule has 98 valence electrons. The van der Waals surface area contributed by atoms with Crippen molar-refractivity contribution in [1.82, 2.24) is 4.98 Å². The van der Waals surface area contributed by atoms with Gasteiger partial charge in [-0.3, -0.25) is 0 Å². The van der Waals surface area contributed by atoms with E-state index in [2.05, 4.69) is 23.7 Å². The van der Waals surface area contributed by atoms with E-state index in [1.165, 1.54) is 56.2 Å². The number of nitrogens with one attached hydrogen (secondary N) is 1. The fourth-order valence-electron chi connectivity index (χ4n) is 3.15. The minimum atomic E-state index is 0.639. The van der Waals surface area contributed by atoms with Gasteiger partial charge >= 0.3 is 0 Å². The molecule has 3 heteroatoms. The van der Waals surface area contributed by atoms with Gasteiger partial charge in [0.05, 0.1) is 0 Å². The third kappa shape index (κ3) is 2.66. The van der Waals surface area contributed by atoms with Gasteiger partial charge in [0.15, 0.2) is 0 Å². The molecule has 1 aromatic heterocycles. The van der Waals surface area contributed by atoms with Gasteiger partial charge < -0.3 is 5.32 Å². The van der Waals surface area contributed by atoms with E-state index in [0.29, 0.717) is 6.04 Å². The van der Waals surface area contributed by atoms with Gasteiger partial charge in [-0.25, -0.2) is 4.98 Å². The van der Waals surface area contributed by atoms with Gasteiger partial charge in [-0.05, 0) is 62.8 Å². The molecule has 1 heterocycles. The van der Waals surface area contributed by atoms with E-state index in [0.717, 1.165) is 11.1 Å². The Kier molecular flexibility index (Phi) is 3.78. The molecular weight excluding hydrogens is 240 g/mol. The number of rotatable bonds is 3. The Hall–Kier alpha value is -0.700. The van der Waals surface area contributed by atoms with Crippen LogP contribution in [0.15, 0.2) is 12.1 Å².